The summed E-state index contributed by atoms with van der Waals surface area (Å²) in [4.78, 5) is 24.0. The zero-order chi connectivity index (χ0) is 19.8. The zero-order valence-corrected chi connectivity index (χ0v) is 15.2. The number of urea groups is 1. The normalized spacial score (nSPS) is 10.0. The van der Waals surface area contributed by atoms with Crippen molar-refractivity contribution >= 4 is 35.0 Å². The minimum atomic E-state index is -0.422. The molecule has 8 nitrogen and oxygen atoms in total. The number of para-hydroxylation sites is 2. The number of esters is 1. The standard InChI is InChI=1S/C20H19N5O3/c1-2-28-19(26)15-10-6-7-11-16(15)22-17-12-13-18(25-24-17)23-20(27)21-14-8-4-3-5-9-14/h3-13H,2H2,1H3,(H,22,24)(H2,21,23,25,27). The van der Waals surface area contributed by atoms with Gasteiger partial charge in [-0.1, -0.05) is 30.3 Å². The summed E-state index contributed by atoms with van der Waals surface area (Å²) in [5.74, 6) is 0.290. The quantitative estimate of drug-likeness (QED) is 0.560. The van der Waals surface area contributed by atoms with E-state index in [2.05, 4.69) is 26.1 Å². The second kappa shape index (κ2) is 9.13. The molecule has 1 aromatic heterocycles. The molecule has 8 heteroatoms. The van der Waals surface area contributed by atoms with Crippen molar-refractivity contribution in [1.29, 1.82) is 0 Å². The highest BCUT2D eigenvalue weighted by Gasteiger charge is 2.12. The van der Waals surface area contributed by atoms with Crippen molar-refractivity contribution in [2.45, 2.75) is 6.92 Å². The Balaban J connectivity index is 1.64. The number of amides is 2. The van der Waals surface area contributed by atoms with Crippen molar-refractivity contribution in [3.63, 3.8) is 0 Å². The maximum atomic E-state index is 12.0. The van der Waals surface area contributed by atoms with E-state index in [1.807, 2.05) is 18.2 Å². The van der Waals surface area contributed by atoms with Gasteiger partial charge in [0, 0.05) is 5.69 Å². The first kappa shape index (κ1) is 18.8. The van der Waals surface area contributed by atoms with Gasteiger partial charge in [0.25, 0.3) is 0 Å². The van der Waals surface area contributed by atoms with E-state index in [1.54, 1.807) is 55.5 Å². The van der Waals surface area contributed by atoms with Gasteiger partial charge in [-0.05, 0) is 43.3 Å². The van der Waals surface area contributed by atoms with Crippen LogP contribution in [0.5, 0.6) is 0 Å². The van der Waals surface area contributed by atoms with Gasteiger partial charge in [0.1, 0.15) is 0 Å². The van der Waals surface area contributed by atoms with Crippen molar-refractivity contribution in [2.75, 3.05) is 22.6 Å². The third-order valence-corrected chi connectivity index (χ3v) is 3.62. The Morgan fingerprint density at radius 3 is 2.25 bits per heavy atom. The lowest BCUT2D eigenvalue weighted by molar-refractivity contribution is 0.0527. The molecular formula is C20H19N5O3. The van der Waals surface area contributed by atoms with E-state index in [0.29, 0.717) is 29.4 Å². The fourth-order valence-corrected chi connectivity index (χ4v) is 2.38. The molecule has 0 aliphatic carbocycles. The number of hydrogen-bond acceptors (Lipinski definition) is 6. The van der Waals surface area contributed by atoms with Crippen LogP contribution in [0.4, 0.5) is 27.8 Å². The average molecular weight is 377 g/mol. The first-order chi connectivity index (χ1) is 13.7. The molecule has 0 aliphatic rings. The Bertz CT molecular complexity index is 946. The van der Waals surface area contributed by atoms with Gasteiger partial charge < -0.3 is 15.4 Å². The van der Waals surface area contributed by atoms with Crippen LogP contribution in [-0.4, -0.2) is 28.8 Å². The van der Waals surface area contributed by atoms with Crippen LogP contribution in [0.25, 0.3) is 0 Å². The summed E-state index contributed by atoms with van der Waals surface area (Å²) in [6.45, 7) is 2.04. The van der Waals surface area contributed by atoms with Gasteiger partial charge in [0.2, 0.25) is 0 Å². The van der Waals surface area contributed by atoms with Crippen LogP contribution in [0.2, 0.25) is 0 Å². The van der Waals surface area contributed by atoms with Crippen molar-refractivity contribution < 1.29 is 14.3 Å². The van der Waals surface area contributed by atoms with E-state index >= 15 is 0 Å². The molecular weight excluding hydrogens is 358 g/mol. The second-order valence-electron chi connectivity index (χ2n) is 5.64. The molecule has 1 heterocycles. The second-order valence-corrected chi connectivity index (χ2v) is 5.64. The predicted octanol–water partition coefficient (Wildman–Crippen LogP) is 4.04. The third-order valence-electron chi connectivity index (χ3n) is 3.62. The van der Waals surface area contributed by atoms with Gasteiger partial charge >= 0.3 is 12.0 Å². The van der Waals surface area contributed by atoms with Crippen LogP contribution < -0.4 is 16.0 Å². The maximum absolute atomic E-state index is 12.0. The van der Waals surface area contributed by atoms with Gasteiger partial charge in [-0.3, -0.25) is 5.32 Å². The van der Waals surface area contributed by atoms with Crippen LogP contribution in [0.15, 0.2) is 66.7 Å². The molecule has 2 aromatic carbocycles. The van der Waals surface area contributed by atoms with E-state index in [0.717, 1.165) is 0 Å². The summed E-state index contributed by atoms with van der Waals surface area (Å²) in [6.07, 6.45) is 0. The lowest BCUT2D eigenvalue weighted by atomic mass is 10.2. The van der Waals surface area contributed by atoms with Crippen molar-refractivity contribution in [2.24, 2.45) is 0 Å². The maximum Gasteiger partial charge on any atom is 0.340 e. The molecule has 3 aromatic rings. The summed E-state index contributed by atoms with van der Waals surface area (Å²) in [5.41, 5.74) is 1.62. The molecule has 3 N–H and O–H groups in total. The fourth-order valence-electron chi connectivity index (χ4n) is 2.38. The number of anilines is 4. The van der Waals surface area contributed by atoms with Crippen molar-refractivity contribution in [1.82, 2.24) is 10.2 Å². The number of rotatable bonds is 6. The molecule has 0 bridgehead atoms. The molecule has 0 aliphatic heterocycles. The predicted molar refractivity (Wildman–Crippen MR) is 107 cm³/mol. The Labute approximate surface area is 161 Å². The topological polar surface area (TPSA) is 105 Å². The molecule has 0 saturated heterocycles. The summed E-state index contributed by atoms with van der Waals surface area (Å²) in [6, 6.07) is 18.8. The number of nitrogens with zero attached hydrogens (tertiary/aromatic N) is 2. The molecule has 0 atom stereocenters. The molecule has 142 valence electrons. The molecule has 0 spiro atoms. The van der Waals surface area contributed by atoms with E-state index in [9.17, 15) is 9.59 Å². The average Bonchev–Trinajstić information content (AvgIpc) is 2.71. The lowest BCUT2D eigenvalue weighted by Gasteiger charge is -2.11. The summed E-state index contributed by atoms with van der Waals surface area (Å²) < 4.78 is 5.05. The van der Waals surface area contributed by atoms with Crippen molar-refractivity contribution in [3.8, 4) is 0 Å². The van der Waals surface area contributed by atoms with Gasteiger partial charge in [0.05, 0.1) is 17.9 Å². The molecule has 3 rings (SSSR count). The number of ether oxygens (including phenoxy) is 1. The highest BCUT2D eigenvalue weighted by molar-refractivity contribution is 5.99. The van der Waals surface area contributed by atoms with Crippen LogP contribution in [0, 0.1) is 0 Å². The fraction of sp³-hybridized carbons (Fsp3) is 0.100. The third kappa shape index (κ3) is 5.04. The number of hydrogen-bond donors (Lipinski definition) is 3. The molecule has 2 amide bonds. The number of aromatic nitrogens is 2. The minimum Gasteiger partial charge on any atom is -0.462 e. The van der Waals surface area contributed by atoms with Crippen LogP contribution in [-0.2, 0) is 4.74 Å². The Morgan fingerprint density at radius 1 is 0.857 bits per heavy atom. The molecule has 0 fully saturated rings. The summed E-state index contributed by atoms with van der Waals surface area (Å²) >= 11 is 0. The monoisotopic (exact) mass is 377 g/mol. The van der Waals surface area contributed by atoms with Gasteiger partial charge in [-0.15, -0.1) is 10.2 Å². The number of benzene rings is 2. The van der Waals surface area contributed by atoms with Gasteiger partial charge in [-0.2, -0.15) is 0 Å². The number of carbonyl (C=O) groups excluding carboxylic acids is 2. The Hall–Kier alpha value is -3.94. The first-order valence-electron chi connectivity index (χ1n) is 8.65. The number of nitrogens with one attached hydrogen (secondary N) is 3. The summed E-state index contributed by atoms with van der Waals surface area (Å²) in [5, 5.41) is 16.3. The van der Waals surface area contributed by atoms with Gasteiger partial charge in [-0.25, -0.2) is 9.59 Å². The van der Waals surface area contributed by atoms with Crippen LogP contribution in [0.1, 0.15) is 17.3 Å². The SMILES string of the molecule is CCOC(=O)c1ccccc1Nc1ccc(NC(=O)Nc2ccccc2)nn1. The number of carbonyl (C=O) groups is 2. The smallest absolute Gasteiger partial charge is 0.340 e. The van der Waals surface area contributed by atoms with Crippen LogP contribution >= 0.6 is 0 Å². The van der Waals surface area contributed by atoms with E-state index in [1.165, 1.54) is 0 Å². The van der Waals surface area contributed by atoms with Crippen molar-refractivity contribution in [3.05, 3.63) is 72.3 Å². The van der Waals surface area contributed by atoms with E-state index in [-0.39, 0.29) is 5.82 Å². The molecule has 0 radical (unpaired) electrons. The lowest BCUT2D eigenvalue weighted by Crippen LogP contribution is -2.20. The molecule has 28 heavy (non-hydrogen) atoms. The minimum absolute atomic E-state index is 0.289. The van der Waals surface area contributed by atoms with E-state index in [4.69, 9.17) is 4.74 Å². The Kier molecular flexibility index (Phi) is 6.14. The summed E-state index contributed by atoms with van der Waals surface area (Å²) in [7, 11) is 0. The molecule has 0 unspecified atom stereocenters. The van der Waals surface area contributed by atoms with Gasteiger partial charge in [0.15, 0.2) is 11.6 Å². The van der Waals surface area contributed by atoms with E-state index < -0.39 is 12.0 Å². The zero-order valence-electron chi connectivity index (χ0n) is 15.2. The molecule has 0 saturated carbocycles. The highest BCUT2D eigenvalue weighted by atomic mass is 16.5. The highest BCUT2D eigenvalue weighted by Crippen LogP contribution is 2.20. The first-order valence-corrected chi connectivity index (χ1v) is 8.65. The Morgan fingerprint density at radius 2 is 1.54 bits per heavy atom. The largest absolute Gasteiger partial charge is 0.462 e. The van der Waals surface area contributed by atoms with Crippen LogP contribution in [0.3, 0.4) is 0 Å².